The standard InChI is InChI=1S/C15H17ClFNO3/c1-8(2)7-18-13(19)6-10(15(20)21)14(18)9-3-4-11(16)12(17)5-9/h3-5,8,10,14H,6-7H2,1-2H3,(H,20,21). The molecule has 1 fully saturated rings. The van der Waals surface area contributed by atoms with Crippen LogP contribution in [0, 0.1) is 17.7 Å². The predicted octanol–water partition coefficient (Wildman–Crippen LogP) is 3.11. The molecule has 0 radical (unpaired) electrons. The van der Waals surface area contributed by atoms with Gasteiger partial charge in [0.1, 0.15) is 5.82 Å². The highest BCUT2D eigenvalue weighted by molar-refractivity contribution is 6.30. The van der Waals surface area contributed by atoms with Gasteiger partial charge in [-0.2, -0.15) is 0 Å². The molecule has 1 N–H and O–H groups in total. The first-order valence-corrected chi connectivity index (χ1v) is 7.16. The average Bonchev–Trinajstić information content (AvgIpc) is 2.70. The predicted molar refractivity (Wildman–Crippen MR) is 76.4 cm³/mol. The Morgan fingerprint density at radius 2 is 2.19 bits per heavy atom. The van der Waals surface area contributed by atoms with Crippen LogP contribution in [0.2, 0.25) is 5.02 Å². The number of benzene rings is 1. The van der Waals surface area contributed by atoms with Crippen LogP contribution in [-0.4, -0.2) is 28.4 Å². The molecule has 6 heteroatoms. The van der Waals surface area contributed by atoms with Crippen LogP contribution < -0.4 is 0 Å². The smallest absolute Gasteiger partial charge is 0.309 e. The second kappa shape index (κ2) is 6.02. The molecule has 1 aromatic rings. The minimum atomic E-state index is -1.05. The van der Waals surface area contributed by atoms with Crippen molar-refractivity contribution in [1.82, 2.24) is 4.90 Å². The number of halogens is 2. The molecule has 1 heterocycles. The Labute approximate surface area is 127 Å². The molecule has 1 aromatic carbocycles. The van der Waals surface area contributed by atoms with Gasteiger partial charge < -0.3 is 10.0 Å². The molecule has 1 amide bonds. The van der Waals surface area contributed by atoms with Crippen LogP contribution in [0.3, 0.4) is 0 Å². The number of carboxylic acids is 1. The summed E-state index contributed by atoms with van der Waals surface area (Å²) in [4.78, 5) is 25.1. The highest BCUT2D eigenvalue weighted by atomic mass is 35.5. The Kier molecular flexibility index (Phi) is 4.52. The van der Waals surface area contributed by atoms with E-state index in [0.717, 1.165) is 0 Å². The second-order valence-electron chi connectivity index (χ2n) is 5.71. The topological polar surface area (TPSA) is 57.6 Å². The summed E-state index contributed by atoms with van der Waals surface area (Å²) in [6, 6.07) is 3.54. The third-order valence-corrected chi connectivity index (χ3v) is 3.90. The molecule has 0 saturated carbocycles. The number of amides is 1. The van der Waals surface area contributed by atoms with Crippen LogP contribution in [0.5, 0.6) is 0 Å². The van der Waals surface area contributed by atoms with Crippen molar-refractivity contribution in [2.24, 2.45) is 11.8 Å². The van der Waals surface area contributed by atoms with Crippen LogP contribution >= 0.6 is 11.6 Å². The minimum absolute atomic E-state index is 0.0228. The summed E-state index contributed by atoms with van der Waals surface area (Å²) in [7, 11) is 0. The summed E-state index contributed by atoms with van der Waals surface area (Å²) >= 11 is 5.66. The maximum absolute atomic E-state index is 13.7. The molecule has 2 atom stereocenters. The first kappa shape index (κ1) is 15.8. The number of hydrogen-bond donors (Lipinski definition) is 1. The van der Waals surface area contributed by atoms with Gasteiger partial charge in [-0.3, -0.25) is 9.59 Å². The Bertz CT molecular complexity index is 576. The molecule has 0 spiro atoms. The Balaban J connectivity index is 2.43. The van der Waals surface area contributed by atoms with Gasteiger partial charge in [0.15, 0.2) is 0 Å². The van der Waals surface area contributed by atoms with Gasteiger partial charge in [0.25, 0.3) is 0 Å². The van der Waals surface area contributed by atoms with E-state index in [1.807, 2.05) is 13.8 Å². The van der Waals surface area contributed by atoms with Gasteiger partial charge in [0.05, 0.1) is 17.0 Å². The molecule has 4 nitrogen and oxygen atoms in total. The fourth-order valence-corrected chi connectivity index (χ4v) is 2.85. The summed E-state index contributed by atoms with van der Waals surface area (Å²) in [5, 5.41) is 9.32. The molecule has 2 rings (SSSR count). The lowest BCUT2D eigenvalue weighted by Crippen LogP contribution is -2.33. The van der Waals surface area contributed by atoms with E-state index < -0.39 is 23.7 Å². The SMILES string of the molecule is CC(C)CN1C(=O)CC(C(=O)O)C1c1ccc(Cl)c(F)c1. The van der Waals surface area contributed by atoms with Crippen LogP contribution in [0.25, 0.3) is 0 Å². The first-order valence-electron chi connectivity index (χ1n) is 6.78. The van der Waals surface area contributed by atoms with Gasteiger partial charge in [-0.25, -0.2) is 4.39 Å². The molecule has 1 aliphatic heterocycles. The van der Waals surface area contributed by atoms with Crippen molar-refractivity contribution in [3.05, 3.63) is 34.6 Å². The fraction of sp³-hybridized carbons (Fsp3) is 0.467. The lowest BCUT2D eigenvalue weighted by molar-refractivity contribution is -0.142. The van der Waals surface area contributed by atoms with Crippen molar-refractivity contribution in [2.45, 2.75) is 26.3 Å². The van der Waals surface area contributed by atoms with Gasteiger partial charge in [-0.15, -0.1) is 0 Å². The van der Waals surface area contributed by atoms with E-state index in [0.29, 0.717) is 12.1 Å². The molecule has 114 valence electrons. The van der Waals surface area contributed by atoms with E-state index in [2.05, 4.69) is 0 Å². The average molecular weight is 314 g/mol. The van der Waals surface area contributed by atoms with Gasteiger partial charge in [-0.1, -0.05) is 31.5 Å². The number of carbonyl (C=O) groups is 2. The van der Waals surface area contributed by atoms with Gasteiger partial charge in [-0.05, 0) is 23.6 Å². The van der Waals surface area contributed by atoms with E-state index in [4.69, 9.17) is 11.6 Å². The van der Waals surface area contributed by atoms with Crippen molar-refractivity contribution in [3.8, 4) is 0 Å². The quantitative estimate of drug-likeness (QED) is 0.929. The van der Waals surface area contributed by atoms with E-state index in [1.54, 1.807) is 6.07 Å². The lowest BCUT2D eigenvalue weighted by atomic mass is 9.93. The summed E-state index contributed by atoms with van der Waals surface area (Å²) in [6.45, 7) is 4.33. The Morgan fingerprint density at radius 1 is 1.52 bits per heavy atom. The number of carbonyl (C=O) groups excluding carboxylic acids is 1. The number of hydrogen-bond acceptors (Lipinski definition) is 2. The Morgan fingerprint density at radius 3 is 2.71 bits per heavy atom. The molecule has 2 unspecified atom stereocenters. The van der Waals surface area contributed by atoms with Gasteiger partial charge >= 0.3 is 5.97 Å². The largest absolute Gasteiger partial charge is 0.481 e. The van der Waals surface area contributed by atoms with Crippen LogP contribution in [0.1, 0.15) is 31.9 Å². The Hall–Kier alpha value is -1.62. The highest BCUT2D eigenvalue weighted by Crippen LogP contribution is 2.39. The van der Waals surface area contributed by atoms with Crippen molar-refractivity contribution in [2.75, 3.05) is 6.54 Å². The number of nitrogens with zero attached hydrogens (tertiary/aromatic N) is 1. The molecule has 0 bridgehead atoms. The third-order valence-electron chi connectivity index (χ3n) is 3.60. The monoisotopic (exact) mass is 313 g/mol. The van der Waals surface area contributed by atoms with Crippen LogP contribution in [-0.2, 0) is 9.59 Å². The van der Waals surface area contributed by atoms with Crippen molar-refractivity contribution >= 4 is 23.5 Å². The van der Waals surface area contributed by atoms with E-state index >= 15 is 0 Å². The zero-order valence-corrected chi connectivity index (χ0v) is 12.6. The maximum atomic E-state index is 13.7. The summed E-state index contributed by atoms with van der Waals surface area (Å²) < 4.78 is 13.7. The van der Waals surface area contributed by atoms with Crippen molar-refractivity contribution < 1.29 is 19.1 Å². The fourth-order valence-electron chi connectivity index (χ4n) is 2.73. The van der Waals surface area contributed by atoms with E-state index in [9.17, 15) is 19.1 Å². The molecule has 1 aliphatic rings. The zero-order chi connectivity index (χ0) is 15.7. The van der Waals surface area contributed by atoms with Crippen LogP contribution in [0.4, 0.5) is 4.39 Å². The van der Waals surface area contributed by atoms with Crippen LogP contribution in [0.15, 0.2) is 18.2 Å². The number of likely N-dealkylation sites (tertiary alicyclic amines) is 1. The number of rotatable bonds is 4. The van der Waals surface area contributed by atoms with Gasteiger partial charge in [0.2, 0.25) is 5.91 Å². The molecular weight excluding hydrogens is 297 g/mol. The minimum Gasteiger partial charge on any atom is -0.481 e. The molecule has 0 aromatic heterocycles. The van der Waals surface area contributed by atoms with Crippen molar-refractivity contribution in [3.63, 3.8) is 0 Å². The van der Waals surface area contributed by atoms with Gasteiger partial charge in [0, 0.05) is 13.0 Å². The zero-order valence-electron chi connectivity index (χ0n) is 11.8. The second-order valence-corrected chi connectivity index (χ2v) is 6.11. The first-order chi connectivity index (χ1) is 9.81. The maximum Gasteiger partial charge on any atom is 0.309 e. The van der Waals surface area contributed by atoms with Crippen molar-refractivity contribution in [1.29, 1.82) is 0 Å². The third kappa shape index (κ3) is 3.18. The van der Waals surface area contributed by atoms with E-state index in [1.165, 1.54) is 17.0 Å². The number of aliphatic carboxylic acids is 1. The van der Waals surface area contributed by atoms with E-state index in [-0.39, 0.29) is 23.3 Å². The lowest BCUT2D eigenvalue weighted by Gasteiger charge is -2.29. The molecule has 0 aliphatic carbocycles. The molecule has 1 saturated heterocycles. The molecular formula is C15H17ClFNO3. The highest BCUT2D eigenvalue weighted by Gasteiger charge is 2.44. The summed E-state index contributed by atoms with van der Waals surface area (Å²) in [5.41, 5.74) is 0.468. The normalized spacial score (nSPS) is 22.1. The number of carboxylic acid groups (broad SMARTS) is 1. The summed E-state index contributed by atoms with van der Waals surface area (Å²) in [5.74, 6) is -2.54. The summed E-state index contributed by atoms with van der Waals surface area (Å²) in [6.07, 6.45) is -0.0586. The molecule has 21 heavy (non-hydrogen) atoms.